The van der Waals surface area contributed by atoms with Crippen molar-refractivity contribution in [2.24, 2.45) is 0 Å². The van der Waals surface area contributed by atoms with Gasteiger partial charge in [0.05, 0.1) is 16.9 Å². The number of aryl methyl sites for hydroxylation is 1. The number of nitrogens with zero attached hydrogens (tertiary/aromatic N) is 3. The highest BCUT2D eigenvalue weighted by Gasteiger charge is 2.26. The van der Waals surface area contributed by atoms with Crippen molar-refractivity contribution in [2.75, 3.05) is 20.1 Å². The Morgan fingerprint density at radius 3 is 2.77 bits per heavy atom. The van der Waals surface area contributed by atoms with Crippen LogP contribution in [0.4, 0.5) is 0 Å². The van der Waals surface area contributed by atoms with E-state index in [9.17, 15) is 4.79 Å². The van der Waals surface area contributed by atoms with Crippen molar-refractivity contribution in [2.45, 2.75) is 19.4 Å². The standard InChI is InChI=1S/C16H19ClN4O/c1-11-15(16(22)20(2)14-7-8-18-9-14)10-21(19-11)13-5-3-12(17)4-6-13/h3-6,10,14,18H,7-9H2,1-2H3. The van der Waals surface area contributed by atoms with E-state index in [0.717, 1.165) is 30.9 Å². The van der Waals surface area contributed by atoms with Crippen LogP contribution in [0.25, 0.3) is 5.69 Å². The number of amides is 1. The number of hydrogen-bond donors (Lipinski definition) is 1. The fraction of sp³-hybridized carbons (Fsp3) is 0.375. The van der Waals surface area contributed by atoms with Crippen LogP contribution in [0.5, 0.6) is 0 Å². The maximum absolute atomic E-state index is 12.7. The van der Waals surface area contributed by atoms with Crippen molar-refractivity contribution < 1.29 is 4.79 Å². The molecule has 2 aromatic rings. The molecule has 2 heterocycles. The van der Waals surface area contributed by atoms with Crippen molar-refractivity contribution in [1.82, 2.24) is 20.0 Å². The zero-order chi connectivity index (χ0) is 15.7. The minimum absolute atomic E-state index is 0.0198. The van der Waals surface area contributed by atoms with Crippen LogP contribution in [0.2, 0.25) is 5.02 Å². The van der Waals surface area contributed by atoms with Crippen molar-refractivity contribution >= 4 is 17.5 Å². The van der Waals surface area contributed by atoms with Gasteiger partial charge >= 0.3 is 0 Å². The predicted octanol–water partition coefficient (Wildman–Crippen LogP) is 2.27. The van der Waals surface area contributed by atoms with E-state index in [1.54, 1.807) is 10.9 Å². The highest BCUT2D eigenvalue weighted by Crippen LogP contribution is 2.18. The molecule has 0 aliphatic carbocycles. The second kappa shape index (κ2) is 6.10. The summed E-state index contributed by atoms with van der Waals surface area (Å²) in [4.78, 5) is 14.5. The van der Waals surface area contributed by atoms with Crippen LogP contribution in [0.15, 0.2) is 30.5 Å². The molecule has 3 rings (SSSR count). The summed E-state index contributed by atoms with van der Waals surface area (Å²) in [6.45, 7) is 3.68. The first-order valence-corrected chi connectivity index (χ1v) is 7.74. The monoisotopic (exact) mass is 318 g/mol. The number of benzene rings is 1. The van der Waals surface area contributed by atoms with E-state index in [0.29, 0.717) is 10.6 Å². The summed E-state index contributed by atoms with van der Waals surface area (Å²) in [7, 11) is 1.86. The SMILES string of the molecule is Cc1nn(-c2ccc(Cl)cc2)cc1C(=O)N(C)C1CCNC1. The van der Waals surface area contributed by atoms with Gasteiger partial charge in [-0.2, -0.15) is 5.10 Å². The topological polar surface area (TPSA) is 50.2 Å². The Kier molecular flexibility index (Phi) is 4.18. The van der Waals surface area contributed by atoms with Crippen molar-refractivity contribution in [3.8, 4) is 5.69 Å². The summed E-state index contributed by atoms with van der Waals surface area (Å²) in [5, 5.41) is 8.41. The Morgan fingerprint density at radius 2 is 2.14 bits per heavy atom. The number of carbonyl (C=O) groups is 1. The lowest BCUT2D eigenvalue weighted by molar-refractivity contribution is 0.0743. The fourth-order valence-corrected chi connectivity index (χ4v) is 2.85. The van der Waals surface area contributed by atoms with Gasteiger partial charge in [0.1, 0.15) is 0 Å². The molecule has 0 bridgehead atoms. The maximum atomic E-state index is 12.7. The number of rotatable bonds is 3. The second-order valence-corrected chi connectivity index (χ2v) is 6.05. The quantitative estimate of drug-likeness (QED) is 0.944. The number of likely N-dealkylation sites (N-methyl/N-ethyl adjacent to an activating group) is 1. The Morgan fingerprint density at radius 1 is 1.41 bits per heavy atom. The zero-order valence-electron chi connectivity index (χ0n) is 12.7. The van der Waals surface area contributed by atoms with Crippen LogP contribution in [0, 0.1) is 6.92 Å². The number of aromatic nitrogens is 2. The lowest BCUT2D eigenvalue weighted by atomic mass is 10.2. The third-order valence-electron chi connectivity index (χ3n) is 4.12. The molecule has 1 aliphatic rings. The van der Waals surface area contributed by atoms with Gasteiger partial charge in [-0.15, -0.1) is 0 Å². The smallest absolute Gasteiger partial charge is 0.257 e. The van der Waals surface area contributed by atoms with Gasteiger partial charge in [-0.1, -0.05) is 11.6 Å². The molecule has 1 aromatic carbocycles. The summed E-state index contributed by atoms with van der Waals surface area (Å²) in [5.74, 6) is 0.0198. The van der Waals surface area contributed by atoms with Gasteiger partial charge in [0.25, 0.3) is 5.91 Å². The molecule has 1 fully saturated rings. The van der Waals surface area contributed by atoms with Gasteiger partial charge in [-0.3, -0.25) is 4.79 Å². The predicted molar refractivity (Wildman–Crippen MR) is 86.7 cm³/mol. The van der Waals surface area contributed by atoms with Crippen LogP contribution in [-0.4, -0.2) is 46.8 Å². The summed E-state index contributed by atoms with van der Waals surface area (Å²) < 4.78 is 1.72. The summed E-state index contributed by atoms with van der Waals surface area (Å²) in [6.07, 6.45) is 2.78. The molecule has 22 heavy (non-hydrogen) atoms. The van der Waals surface area contributed by atoms with E-state index in [-0.39, 0.29) is 11.9 Å². The Labute approximate surface area is 134 Å². The van der Waals surface area contributed by atoms with E-state index in [2.05, 4.69) is 10.4 Å². The Balaban J connectivity index is 1.85. The lowest BCUT2D eigenvalue weighted by Gasteiger charge is -2.23. The summed E-state index contributed by atoms with van der Waals surface area (Å²) in [6, 6.07) is 7.64. The molecule has 1 atom stereocenters. The molecule has 1 amide bonds. The minimum Gasteiger partial charge on any atom is -0.337 e. The molecule has 116 valence electrons. The van der Waals surface area contributed by atoms with Crippen molar-refractivity contribution in [1.29, 1.82) is 0 Å². The van der Waals surface area contributed by atoms with Gasteiger partial charge in [0, 0.05) is 30.9 Å². The van der Waals surface area contributed by atoms with Crippen molar-refractivity contribution in [3.63, 3.8) is 0 Å². The molecule has 0 radical (unpaired) electrons. The van der Waals surface area contributed by atoms with Gasteiger partial charge in [-0.25, -0.2) is 4.68 Å². The summed E-state index contributed by atoms with van der Waals surface area (Å²) >= 11 is 5.90. The van der Waals surface area contributed by atoms with E-state index in [4.69, 9.17) is 11.6 Å². The van der Waals surface area contributed by atoms with E-state index in [1.165, 1.54) is 0 Å². The first kappa shape index (κ1) is 15.1. The molecule has 0 saturated carbocycles. The number of halogens is 1. The molecule has 1 aromatic heterocycles. The molecular formula is C16H19ClN4O. The molecule has 6 heteroatoms. The first-order chi connectivity index (χ1) is 10.6. The molecule has 1 N–H and O–H groups in total. The van der Waals surface area contributed by atoms with Crippen LogP contribution >= 0.6 is 11.6 Å². The molecular weight excluding hydrogens is 300 g/mol. The lowest BCUT2D eigenvalue weighted by Crippen LogP contribution is -2.38. The second-order valence-electron chi connectivity index (χ2n) is 5.61. The highest BCUT2D eigenvalue weighted by molar-refractivity contribution is 6.30. The third-order valence-corrected chi connectivity index (χ3v) is 4.37. The van der Waals surface area contributed by atoms with Gasteiger partial charge < -0.3 is 10.2 Å². The van der Waals surface area contributed by atoms with Crippen LogP contribution in [0.1, 0.15) is 22.5 Å². The third kappa shape index (κ3) is 2.87. The van der Waals surface area contributed by atoms with Crippen LogP contribution in [0.3, 0.4) is 0 Å². The number of nitrogens with one attached hydrogen (secondary N) is 1. The Bertz CT molecular complexity index is 674. The molecule has 5 nitrogen and oxygen atoms in total. The highest BCUT2D eigenvalue weighted by atomic mass is 35.5. The number of hydrogen-bond acceptors (Lipinski definition) is 3. The minimum atomic E-state index is 0.0198. The normalized spacial score (nSPS) is 17.7. The van der Waals surface area contributed by atoms with Crippen molar-refractivity contribution in [3.05, 3.63) is 46.7 Å². The maximum Gasteiger partial charge on any atom is 0.257 e. The first-order valence-electron chi connectivity index (χ1n) is 7.36. The summed E-state index contributed by atoms with van der Waals surface area (Å²) in [5.41, 5.74) is 2.26. The largest absolute Gasteiger partial charge is 0.337 e. The average Bonchev–Trinajstić information content (AvgIpc) is 3.16. The molecule has 0 spiro atoms. The molecule has 1 aliphatic heterocycles. The zero-order valence-corrected chi connectivity index (χ0v) is 13.5. The van der Waals surface area contributed by atoms with E-state index >= 15 is 0 Å². The molecule has 1 saturated heterocycles. The van der Waals surface area contributed by atoms with Crippen LogP contribution in [-0.2, 0) is 0 Å². The molecule has 1 unspecified atom stereocenters. The van der Waals surface area contributed by atoms with E-state index in [1.807, 2.05) is 43.1 Å². The van der Waals surface area contributed by atoms with Gasteiger partial charge in [0.15, 0.2) is 0 Å². The van der Waals surface area contributed by atoms with Crippen LogP contribution < -0.4 is 5.32 Å². The fourth-order valence-electron chi connectivity index (χ4n) is 2.72. The van der Waals surface area contributed by atoms with E-state index < -0.39 is 0 Å². The van der Waals surface area contributed by atoms with Gasteiger partial charge in [0.2, 0.25) is 0 Å². The average molecular weight is 319 g/mol. The Hall–Kier alpha value is -1.85. The van der Waals surface area contributed by atoms with Gasteiger partial charge in [-0.05, 0) is 44.2 Å². The number of carbonyl (C=O) groups excluding carboxylic acids is 1.